The molecule has 0 unspecified atom stereocenters. The average molecular weight is 415 g/mol. The van der Waals surface area contributed by atoms with Crippen LogP contribution in [0.3, 0.4) is 0 Å². The van der Waals surface area contributed by atoms with E-state index in [1.807, 2.05) is 30.3 Å². The van der Waals surface area contributed by atoms with Gasteiger partial charge in [-0.3, -0.25) is 15.0 Å². The number of thiazole rings is 1. The SMILES string of the molecule is O=C(Nc1nc(-c2ccccc2)c(CN2CCOCC2)s1)c1ccc(F)c(F)c1. The predicted molar refractivity (Wildman–Crippen MR) is 108 cm³/mol. The number of carbonyl (C=O) groups excluding carboxylic acids is 1. The zero-order chi connectivity index (χ0) is 20.2. The highest BCUT2D eigenvalue weighted by Crippen LogP contribution is 2.32. The summed E-state index contributed by atoms with van der Waals surface area (Å²) in [5, 5.41) is 3.13. The highest BCUT2D eigenvalue weighted by atomic mass is 32.1. The second kappa shape index (κ2) is 8.77. The number of rotatable bonds is 5. The number of nitrogens with zero attached hydrogens (tertiary/aromatic N) is 2. The van der Waals surface area contributed by atoms with Crippen LogP contribution in [-0.2, 0) is 11.3 Å². The van der Waals surface area contributed by atoms with Crippen molar-refractivity contribution in [3.05, 3.63) is 70.6 Å². The summed E-state index contributed by atoms with van der Waals surface area (Å²) in [6.45, 7) is 3.76. The third-order valence-electron chi connectivity index (χ3n) is 4.62. The summed E-state index contributed by atoms with van der Waals surface area (Å²) in [5.74, 6) is -2.58. The molecule has 3 aromatic rings. The number of halogens is 2. The van der Waals surface area contributed by atoms with Gasteiger partial charge in [-0.2, -0.15) is 0 Å². The minimum Gasteiger partial charge on any atom is -0.379 e. The summed E-state index contributed by atoms with van der Waals surface area (Å²) in [4.78, 5) is 20.4. The van der Waals surface area contributed by atoms with Crippen molar-refractivity contribution in [3.8, 4) is 11.3 Å². The van der Waals surface area contributed by atoms with Crippen LogP contribution >= 0.6 is 11.3 Å². The van der Waals surface area contributed by atoms with E-state index in [0.29, 0.717) is 24.9 Å². The fourth-order valence-corrected chi connectivity index (χ4v) is 4.12. The molecule has 0 radical (unpaired) electrons. The van der Waals surface area contributed by atoms with Crippen molar-refractivity contribution in [2.24, 2.45) is 0 Å². The monoisotopic (exact) mass is 415 g/mol. The summed E-state index contributed by atoms with van der Waals surface area (Å²) in [6.07, 6.45) is 0. The molecule has 1 aliphatic rings. The lowest BCUT2D eigenvalue weighted by Gasteiger charge is -2.26. The Kier molecular flexibility index (Phi) is 5.94. The Hall–Kier alpha value is -2.68. The largest absolute Gasteiger partial charge is 0.379 e. The number of anilines is 1. The molecule has 0 bridgehead atoms. The number of benzene rings is 2. The van der Waals surface area contributed by atoms with Crippen molar-refractivity contribution in [1.82, 2.24) is 9.88 Å². The molecule has 0 atom stereocenters. The maximum absolute atomic E-state index is 13.4. The predicted octanol–water partition coefficient (Wildman–Crippen LogP) is 4.17. The first-order chi connectivity index (χ1) is 14.1. The second-order valence-electron chi connectivity index (χ2n) is 6.63. The number of hydrogen-bond acceptors (Lipinski definition) is 5. The van der Waals surface area contributed by atoms with E-state index in [2.05, 4.69) is 15.2 Å². The van der Waals surface area contributed by atoms with Gasteiger partial charge in [0.1, 0.15) is 0 Å². The minimum absolute atomic E-state index is 0.0371. The van der Waals surface area contributed by atoms with Crippen molar-refractivity contribution in [2.75, 3.05) is 31.6 Å². The molecular weight excluding hydrogens is 396 g/mol. The highest BCUT2D eigenvalue weighted by molar-refractivity contribution is 7.16. The lowest BCUT2D eigenvalue weighted by atomic mass is 10.1. The number of amides is 1. The van der Waals surface area contributed by atoms with E-state index in [1.54, 1.807) is 0 Å². The van der Waals surface area contributed by atoms with Crippen molar-refractivity contribution >= 4 is 22.4 Å². The molecule has 29 heavy (non-hydrogen) atoms. The average Bonchev–Trinajstić information content (AvgIpc) is 3.13. The summed E-state index contributed by atoms with van der Waals surface area (Å²) < 4.78 is 32.0. The van der Waals surface area contributed by atoms with E-state index in [9.17, 15) is 13.6 Å². The van der Waals surface area contributed by atoms with E-state index in [4.69, 9.17) is 4.74 Å². The van der Waals surface area contributed by atoms with Gasteiger partial charge in [-0.05, 0) is 18.2 Å². The summed E-state index contributed by atoms with van der Waals surface area (Å²) in [7, 11) is 0. The van der Waals surface area contributed by atoms with Crippen LogP contribution in [-0.4, -0.2) is 42.1 Å². The number of hydrogen-bond donors (Lipinski definition) is 1. The first-order valence-corrected chi connectivity index (χ1v) is 10.0. The Balaban J connectivity index is 1.59. The Morgan fingerprint density at radius 1 is 1.10 bits per heavy atom. The van der Waals surface area contributed by atoms with E-state index in [-0.39, 0.29) is 5.56 Å². The van der Waals surface area contributed by atoms with E-state index < -0.39 is 17.5 Å². The molecule has 2 aromatic carbocycles. The van der Waals surface area contributed by atoms with Gasteiger partial charge in [-0.25, -0.2) is 13.8 Å². The van der Waals surface area contributed by atoms with Crippen LogP contribution in [0.5, 0.6) is 0 Å². The van der Waals surface area contributed by atoms with Gasteiger partial charge in [0.05, 0.1) is 18.9 Å². The Labute approximate surface area is 171 Å². The number of nitrogens with one attached hydrogen (secondary N) is 1. The molecule has 2 heterocycles. The number of ether oxygens (including phenoxy) is 1. The van der Waals surface area contributed by atoms with Gasteiger partial charge < -0.3 is 4.74 Å². The topological polar surface area (TPSA) is 54.5 Å². The first kappa shape index (κ1) is 19.6. The first-order valence-electron chi connectivity index (χ1n) is 9.22. The minimum atomic E-state index is -1.06. The van der Waals surface area contributed by atoms with Gasteiger partial charge >= 0.3 is 0 Å². The molecule has 150 valence electrons. The molecule has 0 saturated carbocycles. The Bertz CT molecular complexity index is 1000. The zero-order valence-electron chi connectivity index (χ0n) is 15.5. The van der Waals surface area contributed by atoms with Crippen LogP contribution in [0, 0.1) is 11.6 Å². The Morgan fingerprint density at radius 2 is 1.86 bits per heavy atom. The quantitative estimate of drug-likeness (QED) is 0.680. The van der Waals surface area contributed by atoms with Crippen LogP contribution in [0.15, 0.2) is 48.5 Å². The van der Waals surface area contributed by atoms with E-state index in [1.165, 1.54) is 17.4 Å². The molecule has 0 spiro atoms. The third-order valence-corrected chi connectivity index (χ3v) is 5.57. The molecule has 0 aliphatic carbocycles. The molecule has 8 heteroatoms. The number of carbonyl (C=O) groups is 1. The van der Waals surface area contributed by atoms with Crippen LogP contribution in [0.4, 0.5) is 13.9 Å². The molecule has 1 amide bonds. The molecule has 1 saturated heterocycles. The molecule has 1 N–H and O–H groups in total. The molecular formula is C21H19F2N3O2S. The number of aromatic nitrogens is 1. The van der Waals surface area contributed by atoms with E-state index >= 15 is 0 Å². The van der Waals surface area contributed by atoms with Gasteiger partial charge in [-0.15, -0.1) is 0 Å². The maximum atomic E-state index is 13.4. The van der Waals surface area contributed by atoms with Gasteiger partial charge in [0.25, 0.3) is 5.91 Å². The Morgan fingerprint density at radius 3 is 2.59 bits per heavy atom. The summed E-state index contributed by atoms with van der Waals surface area (Å²) >= 11 is 1.38. The van der Waals surface area contributed by atoms with Gasteiger partial charge in [0.15, 0.2) is 16.8 Å². The maximum Gasteiger partial charge on any atom is 0.257 e. The molecule has 1 fully saturated rings. The fourth-order valence-electron chi connectivity index (χ4n) is 3.10. The smallest absolute Gasteiger partial charge is 0.257 e. The molecule has 1 aromatic heterocycles. The lowest BCUT2D eigenvalue weighted by Crippen LogP contribution is -2.35. The third kappa shape index (κ3) is 4.67. The van der Waals surface area contributed by atoms with Crippen LogP contribution in [0.25, 0.3) is 11.3 Å². The van der Waals surface area contributed by atoms with Crippen LogP contribution in [0.2, 0.25) is 0 Å². The van der Waals surface area contributed by atoms with Gasteiger partial charge in [-0.1, -0.05) is 41.7 Å². The van der Waals surface area contributed by atoms with Crippen LogP contribution in [0.1, 0.15) is 15.2 Å². The molecule has 1 aliphatic heterocycles. The highest BCUT2D eigenvalue weighted by Gasteiger charge is 2.19. The van der Waals surface area contributed by atoms with Gasteiger partial charge in [0, 0.05) is 35.6 Å². The molecule has 4 rings (SSSR count). The van der Waals surface area contributed by atoms with Crippen molar-refractivity contribution in [3.63, 3.8) is 0 Å². The van der Waals surface area contributed by atoms with Crippen molar-refractivity contribution in [2.45, 2.75) is 6.54 Å². The van der Waals surface area contributed by atoms with E-state index in [0.717, 1.165) is 41.4 Å². The summed E-state index contributed by atoms with van der Waals surface area (Å²) in [6, 6.07) is 12.8. The molecule has 5 nitrogen and oxygen atoms in total. The lowest BCUT2D eigenvalue weighted by molar-refractivity contribution is 0.0347. The summed E-state index contributed by atoms with van der Waals surface area (Å²) in [5.41, 5.74) is 1.80. The van der Waals surface area contributed by atoms with Crippen molar-refractivity contribution in [1.29, 1.82) is 0 Å². The second-order valence-corrected chi connectivity index (χ2v) is 7.71. The van der Waals surface area contributed by atoms with Crippen molar-refractivity contribution < 1.29 is 18.3 Å². The standard InChI is InChI=1S/C21H19F2N3O2S/c22-16-7-6-15(12-17(16)23)20(27)25-21-24-19(14-4-2-1-3-5-14)18(29-21)13-26-8-10-28-11-9-26/h1-7,12H,8-11,13H2,(H,24,25,27). The fraction of sp³-hybridized carbons (Fsp3) is 0.238. The zero-order valence-corrected chi connectivity index (χ0v) is 16.3. The van der Waals surface area contributed by atoms with Crippen LogP contribution < -0.4 is 5.32 Å². The van der Waals surface area contributed by atoms with Gasteiger partial charge in [0.2, 0.25) is 0 Å². The number of morpholine rings is 1. The normalized spacial score (nSPS) is 14.7.